The highest BCUT2D eigenvalue weighted by Gasteiger charge is 2.18. The Hall–Kier alpha value is 0.150. The molecule has 1 saturated heterocycles. The van der Waals surface area contributed by atoms with E-state index < -0.39 is 10.8 Å². The van der Waals surface area contributed by atoms with E-state index in [0.717, 1.165) is 5.75 Å². The third-order valence-electron chi connectivity index (χ3n) is 2.87. The molecule has 2 heteroatoms. The van der Waals surface area contributed by atoms with Crippen molar-refractivity contribution in [2.45, 2.75) is 63.5 Å². The lowest BCUT2D eigenvalue weighted by Gasteiger charge is -2.12. The molecule has 0 aliphatic carbocycles. The maximum atomic E-state index is 11.7. The lowest BCUT2D eigenvalue weighted by Crippen LogP contribution is -2.15. The van der Waals surface area contributed by atoms with Crippen molar-refractivity contribution in [2.75, 3.05) is 5.75 Å². The first-order chi connectivity index (χ1) is 6.34. The fourth-order valence-corrected chi connectivity index (χ4v) is 3.67. The largest absolute Gasteiger partial charge is 0.259 e. The molecule has 0 N–H and O–H groups in total. The molecular weight excluding hydrogens is 180 g/mol. The number of rotatable bonds is 4. The van der Waals surface area contributed by atoms with Crippen molar-refractivity contribution in [3.63, 3.8) is 0 Å². The summed E-state index contributed by atoms with van der Waals surface area (Å²) >= 11 is 0. The van der Waals surface area contributed by atoms with Gasteiger partial charge in [-0.15, -0.1) is 0 Å². The molecule has 2 atom stereocenters. The Morgan fingerprint density at radius 2 is 2.08 bits per heavy atom. The summed E-state index contributed by atoms with van der Waals surface area (Å²) in [5.74, 6) is 0.969. The third-order valence-corrected chi connectivity index (χ3v) is 4.78. The van der Waals surface area contributed by atoms with Crippen molar-refractivity contribution in [1.82, 2.24) is 0 Å². The van der Waals surface area contributed by atoms with Gasteiger partial charge in [-0.2, -0.15) is 0 Å². The van der Waals surface area contributed by atoms with Crippen LogP contribution in [0.25, 0.3) is 0 Å². The van der Waals surface area contributed by atoms with Crippen LogP contribution in [-0.4, -0.2) is 15.2 Å². The van der Waals surface area contributed by atoms with Crippen LogP contribution in [0.15, 0.2) is 0 Å². The fraction of sp³-hybridized carbons (Fsp3) is 1.00. The van der Waals surface area contributed by atoms with E-state index in [1.807, 2.05) is 0 Å². The Labute approximate surface area is 84.8 Å². The SMILES string of the molecule is CCCCCC1CCCCCS1=O. The Kier molecular flexibility index (Phi) is 5.68. The highest BCUT2D eigenvalue weighted by atomic mass is 32.2. The molecule has 1 fully saturated rings. The lowest BCUT2D eigenvalue weighted by molar-refractivity contribution is 0.583. The van der Waals surface area contributed by atoms with Crippen molar-refractivity contribution in [1.29, 1.82) is 0 Å². The van der Waals surface area contributed by atoms with Crippen molar-refractivity contribution >= 4 is 10.8 Å². The monoisotopic (exact) mass is 202 g/mol. The van der Waals surface area contributed by atoms with Crippen LogP contribution < -0.4 is 0 Å². The minimum absolute atomic E-state index is 0.499. The van der Waals surface area contributed by atoms with Crippen LogP contribution >= 0.6 is 0 Å². The topological polar surface area (TPSA) is 17.1 Å². The van der Waals surface area contributed by atoms with Crippen LogP contribution in [0.5, 0.6) is 0 Å². The normalized spacial score (nSPS) is 29.9. The summed E-state index contributed by atoms with van der Waals surface area (Å²) in [4.78, 5) is 0. The Balaban J connectivity index is 2.24. The van der Waals surface area contributed by atoms with Crippen LogP contribution in [0, 0.1) is 0 Å². The molecule has 78 valence electrons. The van der Waals surface area contributed by atoms with Gasteiger partial charge in [0.25, 0.3) is 0 Å². The summed E-state index contributed by atoms with van der Waals surface area (Å²) < 4.78 is 11.7. The highest BCUT2D eigenvalue weighted by Crippen LogP contribution is 2.20. The van der Waals surface area contributed by atoms with E-state index in [1.165, 1.54) is 51.4 Å². The quantitative estimate of drug-likeness (QED) is 0.640. The summed E-state index contributed by atoms with van der Waals surface area (Å²) in [6.07, 6.45) is 10.1. The minimum Gasteiger partial charge on any atom is -0.259 e. The molecular formula is C11H22OS. The van der Waals surface area contributed by atoms with Gasteiger partial charge in [-0.05, 0) is 19.3 Å². The molecule has 1 heterocycles. The summed E-state index contributed by atoms with van der Waals surface area (Å²) in [6, 6.07) is 0. The lowest BCUT2D eigenvalue weighted by atomic mass is 10.1. The first kappa shape index (κ1) is 11.2. The van der Waals surface area contributed by atoms with Crippen molar-refractivity contribution in [3.8, 4) is 0 Å². The van der Waals surface area contributed by atoms with E-state index >= 15 is 0 Å². The Morgan fingerprint density at radius 3 is 2.85 bits per heavy atom. The molecule has 0 saturated carbocycles. The second-order valence-corrected chi connectivity index (χ2v) is 5.89. The number of hydrogen-bond donors (Lipinski definition) is 0. The maximum absolute atomic E-state index is 11.7. The summed E-state index contributed by atoms with van der Waals surface area (Å²) in [6.45, 7) is 2.23. The number of hydrogen-bond acceptors (Lipinski definition) is 1. The predicted octanol–water partition coefficient (Wildman–Crippen LogP) is 3.26. The molecule has 1 rings (SSSR count). The van der Waals surface area contributed by atoms with Crippen molar-refractivity contribution in [2.24, 2.45) is 0 Å². The van der Waals surface area contributed by atoms with Crippen molar-refractivity contribution in [3.05, 3.63) is 0 Å². The number of unbranched alkanes of at least 4 members (excludes halogenated alkanes) is 2. The van der Waals surface area contributed by atoms with Crippen LogP contribution in [0.3, 0.4) is 0 Å². The van der Waals surface area contributed by atoms with Crippen molar-refractivity contribution < 1.29 is 4.21 Å². The third kappa shape index (κ3) is 4.26. The molecule has 1 aliphatic rings. The molecule has 0 amide bonds. The van der Waals surface area contributed by atoms with Gasteiger partial charge in [0.05, 0.1) is 0 Å². The van der Waals surface area contributed by atoms with Crippen LogP contribution in [0.2, 0.25) is 0 Å². The van der Waals surface area contributed by atoms with Gasteiger partial charge in [0.15, 0.2) is 0 Å². The average molecular weight is 202 g/mol. The summed E-state index contributed by atoms with van der Waals surface area (Å²) in [7, 11) is -0.499. The molecule has 0 aromatic heterocycles. The zero-order chi connectivity index (χ0) is 9.52. The second kappa shape index (κ2) is 6.58. The minimum atomic E-state index is -0.499. The zero-order valence-electron chi connectivity index (χ0n) is 8.76. The predicted molar refractivity (Wildman–Crippen MR) is 59.4 cm³/mol. The van der Waals surface area contributed by atoms with E-state index in [2.05, 4.69) is 6.92 Å². The molecule has 0 bridgehead atoms. The van der Waals surface area contributed by atoms with Gasteiger partial charge in [0.1, 0.15) is 0 Å². The van der Waals surface area contributed by atoms with Gasteiger partial charge in [0, 0.05) is 21.8 Å². The fourth-order valence-electron chi connectivity index (χ4n) is 1.99. The standard InChI is InChI=1S/C11H22OS/c1-2-3-5-8-11-9-6-4-7-10-13(11)12/h11H,2-10H2,1H3. The second-order valence-electron chi connectivity index (χ2n) is 4.05. The van der Waals surface area contributed by atoms with Crippen LogP contribution in [0.1, 0.15) is 58.3 Å². The molecule has 0 spiro atoms. The summed E-state index contributed by atoms with van der Waals surface area (Å²) in [5.41, 5.74) is 0. The van der Waals surface area contributed by atoms with Gasteiger partial charge in [-0.25, -0.2) is 0 Å². The van der Waals surface area contributed by atoms with Gasteiger partial charge in [-0.1, -0.05) is 39.0 Å². The van der Waals surface area contributed by atoms with Gasteiger partial charge >= 0.3 is 0 Å². The smallest absolute Gasteiger partial charge is 0.0348 e. The Morgan fingerprint density at radius 1 is 1.23 bits per heavy atom. The first-order valence-electron chi connectivity index (χ1n) is 5.71. The molecule has 1 nitrogen and oxygen atoms in total. The van der Waals surface area contributed by atoms with Crippen LogP contribution in [0.4, 0.5) is 0 Å². The van der Waals surface area contributed by atoms with E-state index in [4.69, 9.17) is 0 Å². The van der Waals surface area contributed by atoms with Gasteiger partial charge in [0.2, 0.25) is 0 Å². The first-order valence-corrected chi connectivity index (χ1v) is 7.10. The Bertz CT molecular complexity index is 156. The molecule has 2 unspecified atom stereocenters. The van der Waals surface area contributed by atoms with E-state index in [1.54, 1.807) is 0 Å². The van der Waals surface area contributed by atoms with E-state index in [-0.39, 0.29) is 0 Å². The van der Waals surface area contributed by atoms with E-state index in [0.29, 0.717) is 5.25 Å². The van der Waals surface area contributed by atoms with Gasteiger partial charge in [-0.3, -0.25) is 4.21 Å². The molecule has 0 aromatic carbocycles. The molecule has 13 heavy (non-hydrogen) atoms. The van der Waals surface area contributed by atoms with E-state index in [9.17, 15) is 4.21 Å². The average Bonchev–Trinajstić information content (AvgIpc) is 2.32. The maximum Gasteiger partial charge on any atom is 0.0348 e. The molecule has 0 radical (unpaired) electrons. The molecule has 0 aromatic rings. The highest BCUT2D eigenvalue weighted by molar-refractivity contribution is 7.85. The molecule has 1 aliphatic heterocycles. The van der Waals surface area contributed by atoms with Gasteiger partial charge < -0.3 is 0 Å². The zero-order valence-corrected chi connectivity index (χ0v) is 9.57. The van der Waals surface area contributed by atoms with Crippen LogP contribution in [-0.2, 0) is 10.8 Å². The summed E-state index contributed by atoms with van der Waals surface area (Å²) in [5, 5.41) is 0.536.